The highest BCUT2D eigenvalue weighted by Crippen LogP contribution is 2.34. The Hall–Kier alpha value is -0.400. The van der Waals surface area contributed by atoms with Gasteiger partial charge in [-0.15, -0.1) is 0 Å². The van der Waals surface area contributed by atoms with Crippen LogP contribution in [0.3, 0.4) is 0 Å². The molecule has 0 N–H and O–H groups in total. The number of hydrogen-bond donors (Lipinski definition) is 0. The predicted octanol–water partition coefficient (Wildman–Crippen LogP) is 4.13. The highest BCUT2D eigenvalue weighted by atomic mass is 35.5. The number of rotatable bonds is 2. The van der Waals surface area contributed by atoms with Crippen LogP contribution in [0.1, 0.15) is 25.3 Å². The van der Waals surface area contributed by atoms with Crippen molar-refractivity contribution in [2.75, 3.05) is 7.11 Å². The van der Waals surface area contributed by atoms with E-state index >= 15 is 0 Å². The van der Waals surface area contributed by atoms with Crippen LogP contribution < -0.4 is 4.74 Å². The molecule has 0 fully saturated rings. The topological polar surface area (TPSA) is 9.23 Å². The molecular formula is C10H12Cl2O. The molecule has 0 radical (unpaired) electrons. The monoisotopic (exact) mass is 218 g/mol. The lowest BCUT2D eigenvalue weighted by Gasteiger charge is -2.11. The maximum Gasteiger partial charge on any atom is 0.137 e. The van der Waals surface area contributed by atoms with Crippen LogP contribution in [0, 0.1) is 0 Å². The first-order valence-electron chi connectivity index (χ1n) is 4.09. The Kier molecular flexibility index (Phi) is 3.46. The fourth-order valence-electron chi connectivity index (χ4n) is 1.14. The zero-order valence-electron chi connectivity index (χ0n) is 7.90. The van der Waals surface area contributed by atoms with Gasteiger partial charge < -0.3 is 4.74 Å². The molecule has 0 atom stereocenters. The first-order valence-corrected chi connectivity index (χ1v) is 4.84. The van der Waals surface area contributed by atoms with Gasteiger partial charge in [0.1, 0.15) is 5.75 Å². The van der Waals surface area contributed by atoms with Crippen molar-refractivity contribution in [3.05, 3.63) is 27.7 Å². The minimum atomic E-state index is 0.374. The molecule has 1 aromatic carbocycles. The number of benzene rings is 1. The van der Waals surface area contributed by atoms with Gasteiger partial charge in [-0.3, -0.25) is 0 Å². The van der Waals surface area contributed by atoms with Gasteiger partial charge in [0.2, 0.25) is 0 Å². The third-order valence-corrected chi connectivity index (χ3v) is 2.52. The molecule has 1 nitrogen and oxygen atoms in total. The largest absolute Gasteiger partial charge is 0.495 e. The predicted molar refractivity (Wildman–Crippen MR) is 57.1 cm³/mol. The van der Waals surface area contributed by atoms with Gasteiger partial charge in [0, 0.05) is 5.02 Å². The van der Waals surface area contributed by atoms with Gasteiger partial charge in [0.05, 0.1) is 12.1 Å². The summed E-state index contributed by atoms with van der Waals surface area (Å²) in [5.41, 5.74) is 1.06. The fraction of sp³-hybridized carbons (Fsp3) is 0.400. The Labute approximate surface area is 88.6 Å². The van der Waals surface area contributed by atoms with Gasteiger partial charge in [0.25, 0.3) is 0 Å². The lowest BCUT2D eigenvalue weighted by Crippen LogP contribution is -1.92. The molecule has 0 saturated carbocycles. The highest BCUT2D eigenvalue weighted by molar-refractivity contribution is 6.36. The Bertz CT molecular complexity index is 308. The van der Waals surface area contributed by atoms with E-state index in [2.05, 4.69) is 13.8 Å². The molecule has 0 bridgehead atoms. The van der Waals surface area contributed by atoms with E-state index in [1.165, 1.54) is 0 Å². The average molecular weight is 219 g/mol. The first kappa shape index (κ1) is 10.7. The van der Waals surface area contributed by atoms with Gasteiger partial charge in [-0.05, 0) is 23.6 Å². The summed E-state index contributed by atoms with van der Waals surface area (Å²) in [4.78, 5) is 0. The number of ether oxygens (including phenoxy) is 1. The summed E-state index contributed by atoms with van der Waals surface area (Å²) in [5.74, 6) is 1.05. The van der Waals surface area contributed by atoms with Crippen molar-refractivity contribution in [2.24, 2.45) is 0 Å². The molecule has 1 rings (SSSR count). The Morgan fingerprint density at radius 2 is 1.77 bits per heavy atom. The molecule has 0 aliphatic carbocycles. The second kappa shape index (κ2) is 4.21. The SMILES string of the molecule is COc1cc(C(C)C)c(Cl)cc1Cl. The van der Waals surface area contributed by atoms with Crippen molar-refractivity contribution in [1.82, 2.24) is 0 Å². The van der Waals surface area contributed by atoms with Gasteiger partial charge >= 0.3 is 0 Å². The van der Waals surface area contributed by atoms with E-state index in [4.69, 9.17) is 27.9 Å². The average Bonchev–Trinajstić information content (AvgIpc) is 2.03. The van der Waals surface area contributed by atoms with E-state index < -0.39 is 0 Å². The van der Waals surface area contributed by atoms with Crippen molar-refractivity contribution < 1.29 is 4.74 Å². The molecule has 0 amide bonds. The van der Waals surface area contributed by atoms with E-state index in [0.717, 1.165) is 5.56 Å². The molecule has 0 unspecified atom stereocenters. The maximum atomic E-state index is 6.01. The zero-order valence-corrected chi connectivity index (χ0v) is 9.41. The lowest BCUT2D eigenvalue weighted by molar-refractivity contribution is 0.414. The molecular weight excluding hydrogens is 207 g/mol. The molecule has 0 aromatic heterocycles. The van der Waals surface area contributed by atoms with Crippen LogP contribution >= 0.6 is 23.2 Å². The summed E-state index contributed by atoms with van der Waals surface area (Å²) in [7, 11) is 1.60. The molecule has 0 spiro atoms. The molecule has 3 heteroatoms. The number of methoxy groups -OCH3 is 1. The number of halogens is 2. The van der Waals surface area contributed by atoms with Gasteiger partial charge in [-0.2, -0.15) is 0 Å². The third kappa shape index (κ3) is 2.29. The fourth-order valence-corrected chi connectivity index (χ4v) is 1.82. The van der Waals surface area contributed by atoms with Crippen LogP contribution in [0.25, 0.3) is 0 Å². The summed E-state index contributed by atoms with van der Waals surface area (Å²) in [6, 6.07) is 3.60. The molecule has 72 valence electrons. The van der Waals surface area contributed by atoms with Crippen molar-refractivity contribution in [1.29, 1.82) is 0 Å². The molecule has 0 aliphatic heterocycles. The second-order valence-corrected chi connectivity index (χ2v) is 3.98. The van der Waals surface area contributed by atoms with Gasteiger partial charge in [-0.1, -0.05) is 37.0 Å². The van der Waals surface area contributed by atoms with Crippen LogP contribution in [0.2, 0.25) is 10.0 Å². The van der Waals surface area contributed by atoms with E-state index in [-0.39, 0.29) is 0 Å². The molecule has 0 saturated heterocycles. The van der Waals surface area contributed by atoms with Crippen LogP contribution in [0.15, 0.2) is 12.1 Å². The summed E-state index contributed by atoms with van der Waals surface area (Å²) >= 11 is 11.9. The summed E-state index contributed by atoms with van der Waals surface area (Å²) < 4.78 is 5.10. The Morgan fingerprint density at radius 3 is 2.23 bits per heavy atom. The Balaban J connectivity index is 3.22. The minimum absolute atomic E-state index is 0.374. The van der Waals surface area contributed by atoms with Crippen LogP contribution in [-0.2, 0) is 0 Å². The quantitative estimate of drug-likeness (QED) is 0.726. The van der Waals surface area contributed by atoms with Crippen molar-refractivity contribution in [3.63, 3.8) is 0 Å². The molecule has 0 heterocycles. The highest BCUT2D eigenvalue weighted by Gasteiger charge is 2.09. The molecule has 1 aromatic rings. The minimum Gasteiger partial charge on any atom is -0.495 e. The summed E-state index contributed by atoms with van der Waals surface area (Å²) in [6.45, 7) is 4.16. The van der Waals surface area contributed by atoms with Crippen LogP contribution in [0.5, 0.6) is 5.75 Å². The molecule has 0 aliphatic rings. The normalized spacial score (nSPS) is 10.6. The lowest BCUT2D eigenvalue weighted by atomic mass is 10.0. The van der Waals surface area contributed by atoms with Crippen molar-refractivity contribution >= 4 is 23.2 Å². The summed E-state index contributed by atoms with van der Waals surface area (Å²) in [6.07, 6.45) is 0. The summed E-state index contributed by atoms with van der Waals surface area (Å²) in [5, 5.41) is 1.25. The van der Waals surface area contributed by atoms with Crippen LogP contribution in [-0.4, -0.2) is 7.11 Å². The van der Waals surface area contributed by atoms with Crippen molar-refractivity contribution in [2.45, 2.75) is 19.8 Å². The molecule has 13 heavy (non-hydrogen) atoms. The van der Waals surface area contributed by atoms with Gasteiger partial charge in [0.15, 0.2) is 0 Å². The van der Waals surface area contributed by atoms with E-state index in [0.29, 0.717) is 21.7 Å². The maximum absolute atomic E-state index is 6.01. The second-order valence-electron chi connectivity index (χ2n) is 3.16. The van der Waals surface area contributed by atoms with Crippen molar-refractivity contribution in [3.8, 4) is 5.75 Å². The Morgan fingerprint density at radius 1 is 1.15 bits per heavy atom. The first-order chi connectivity index (χ1) is 6.06. The zero-order chi connectivity index (χ0) is 10.0. The van der Waals surface area contributed by atoms with E-state index in [1.807, 2.05) is 6.07 Å². The number of hydrogen-bond acceptors (Lipinski definition) is 1. The third-order valence-electron chi connectivity index (χ3n) is 1.89. The standard InChI is InChI=1S/C10H12Cl2O/c1-6(2)7-4-10(13-3)9(12)5-8(7)11/h4-6H,1-3H3. The van der Waals surface area contributed by atoms with Crippen LogP contribution in [0.4, 0.5) is 0 Å². The van der Waals surface area contributed by atoms with E-state index in [9.17, 15) is 0 Å². The smallest absolute Gasteiger partial charge is 0.137 e. The van der Waals surface area contributed by atoms with E-state index in [1.54, 1.807) is 13.2 Å². The van der Waals surface area contributed by atoms with Gasteiger partial charge in [-0.25, -0.2) is 0 Å².